The molecular formula is C25H26N2O2. The monoisotopic (exact) mass is 386 g/mol. The van der Waals surface area contributed by atoms with Gasteiger partial charge in [-0.3, -0.25) is 4.98 Å². The predicted octanol–water partition coefficient (Wildman–Crippen LogP) is 4.41. The molecule has 2 radical (unpaired) electrons. The second-order valence-electron chi connectivity index (χ2n) is 7.17. The average molecular weight is 386 g/mol. The number of nitrogens with one attached hydrogen (secondary N) is 1. The Morgan fingerprint density at radius 2 is 1.90 bits per heavy atom. The fourth-order valence-electron chi connectivity index (χ4n) is 3.68. The van der Waals surface area contributed by atoms with Crippen molar-refractivity contribution in [2.75, 3.05) is 20.2 Å². The van der Waals surface area contributed by atoms with Crippen molar-refractivity contribution in [3.63, 3.8) is 0 Å². The van der Waals surface area contributed by atoms with Gasteiger partial charge >= 0.3 is 0 Å². The van der Waals surface area contributed by atoms with Crippen molar-refractivity contribution in [3.8, 4) is 22.6 Å². The molecule has 0 amide bonds. The van der Waals surface area contributed by atoms with Crippen LogP contribution in [0.3, 0.4) is 0 Å². The average Bonchev–Trinajstić information content (AvgIpc) is 3.02. The van der Waals surface area contributed by atoms with Gasteiger partial charge in [-0.1, -0.05) is 24.3 Å². The van der Waals surface area contributed by atoms with Crippen molar-refractivity contribution in [2.24, 2.45) is 0 Å². The van der Waals surface area contributed by atoms with Crippen molar-refractivity contribution in [1.82, 2.24) is 10.3 Å². The maximum Gasteiger partial charge on any atom is 0.130 e. The third-order valence-electron chi connectivity index (χ3n) is 5.30. The Bertz CT molecular complexity index is 984. The largest absolute Gasteiger partial charge is 0.497 e. The van der Waals surface area contributed by atoms with Crippen LogP contribution >= 0.6 is 0 Å². The molecule has 2 aromatic carbocycles. The Morgan fingerprint density at radius 1 is 1.03 bits per heavy atom. The summed E-state index contributed by atoms with van der Waals surface area (Å²) in [5, 5.41) is 3.48. The zero-order valence-electron chi connectivity index (χ0n) is 16.8. The number of benzene rings is 2. The third kappa shape index (κ3) is 4.60. The first-order valence-electron chi connectivity index (χ1n) is 9.98. The third-order valence-corrected chi connectivity index (χ3v) is 5.30. The molecule has 1 aliphatic rings. The summed E-state index contributed by atoms with van der Waals surface area (Å²) in [6.45, 7) is 6.36. The number of nitrogens with zero attached hydrogens (tertiary/aromatic N) is 1. The van der Waals surface area contributed by atoms with Crippen LogP contribution in [-0.2, 0) is 19.4 Å². The Labute approximate surface area is 172 Å². The summed E-state index contributed by atoms with van der Waals surface area (Å²) in [6, 6.07) is 16.7. The van der Waals surface area contributed by atoms with Gasteiger partial charge < -0.3 is 14.8 Å². The van der Waals surface area contributed by atoms with Gasteiger partial charge in [0.15, 0.2) is 0 Å². The first-order chi connectivity index (χ1) is 14.3. The number of pyridine rings is 1. The maximum atomic E-state index is 6.18. The van der Waals surface area contributed by atoms with Crippen molar-refractivity contribution in [2.45, 2.75) is 19.4 Å². The quantitative estimate of drug-likeness (QED) is 0.681. The molecule has 1 aromatic heterocycles. The SMILES string of the molecule is [CH2][CH]c1ccc(OCc2cc(OC)ccn2)c(-c2ccc3c(c2)CCNCC3)c1. The van der Waals surface area contributed by atoms with Crippen molar-refractivity contribution >= 4 is 0 Å². The normalized spacial score (nSPS) is 13.4. The second-order valence-corrected chi connectivity index (χ2v) is 7.17. The number of hydrogen-bond donors (Lipinski definition) is 1. The molecule has 1 N–H and O–H groups in total. The van der Waals surface area contributed by atoms with Gasteiger partial charge in [0.25, 0.3) is 0 Å². The van der Waals surface area contributed by atoms with Crippen LogP contribution in [-0.4, -0.2) is 25.2 Å². The minimum atomic E-state index is 0.381. The van der Waals surface area contributed by atoms with Gasteiger partial charge in [-0.25, -0.2) is 0 Å². The topological polar surface area (TPSA) is 43.4 Å². The summed E-state index contributed by atoms with van der Waals surface area (Å²) in [7, 11) is 1.65. The number of methoxy groups -OCH3 is 1. The highest BCUT2D eigenvalue weighted by Gasteiger charge is 2.13. The molecule has 148 valence electrons. The van der Waals surface area contributed by atoms with E-state index < -0.39 is 0 Å². The molecule has 0 unspecified atom stereocenters. The molecule has 0 bridgehead atoms. The van der Waals surface area contributed by atoms with E-state index in [0.29, 0.717) is 6.61 Å². The summed E-state index contributed by atoms with van der Waals surface area (Å²) >= 11 is 0. The first kappa shape index (κ1) is 19.5. The summed E-state index contributed by atoms with van der Waals surface area (Å²) in [4.78, 5) is 4.38. The van der Waals surface area contributed by atoms with Gasteiger partial charge in [0, 0.05) is 17.8 Å². The maximum absolute atomic E-state index is 6.18. The number of fused-ring (bicyclic) bond motifs is 1. The molecule has 0 atom stereocenters. The van der Waals surface area contributed by atoms with Crippen LogP contribution in [0.2, 0.25) is 0 Å². The molecule has 4 heteroatoms. The predicted molar refractivity (Wildman–Crippen MR) is 116 cm³/mol. The fourth-order valence-corrected chi connectivity index (χ4v) is 3.68. The minimum Gasteiger partial charge on any atom is -0.497 e. The molecule has 4 nitrogen and oxygen atoms in total. The van der Waals surface area contributed by atoms with E-state index in [2.05, 4.69) is 41.5 Å². The fraction of sp³-hybridized carbons (Fsp3) is 0.240. The smallest absolute Gasteiger partial charge is 0.130 e. The molecule has 0 saturated heterocycles. The van der Waals surface area contributed by atoms with E-state index in [4.69, 9.17) is 9.47 Å². The molecule has 3 aromatic rings. The van der Waals surface area contributed by atoms with Gasteiger partial charge in [0.05, 0.1) is 12.8 Å². The lowest BCUT2D eigenvalue weighted by molar-refractivity contribution is 0.301. The first-order valence-corrected chi connectivity index (χ1v) is 9.98. The van der Waals surface area contributed by atoms with E-state index in [1.54, 1.807) is 13.3 Å². The Kier molecular flexibility index (Phi) is 6.11. The number of hydrogen-bond acceptors (Lipinski definition) is 4. The molecule has 0 saturated carbocycles. The van der Waals surface area contributed by atoms with Gasteiger partial charge in [0.1, 0.15) is 18.1 Å². The van der Waals surface area contributed by atoms with Crippen LogP contribution in [0.4, 0.5) is 0 Å². The van der Waals surface area contributed by atoms with E-state index >= 15 is 0 Å². The molecule has 0 fully saturated rings. The van der Waals surface area contributed by atoms with E-state index in [9.17, 15) is 0 Å². The van der Waals surface area contributed by atoms with Crippen LogP contribution in [0.5, 0.6) is 11.5 Å². The summed E-state index contributed by atoms with van der Waals surface area (Å²) in [5.74, 6) is 1.62. The number of rotatable bonds is 6. The summed E-state index contributed by atoms with van der Waals surface area (Å²) in [5.41, 5.74) is 6.99. The van der Waals surface area contributed by atoms with E-state index in [0.717, 1.165) is 54.3 Å². The molecule has 1 aliphatic heterocycles. The van der Waals surface area contributed by atoms with Gasteiger partial charge in [-0.15, -0.1) is 0 Å². The lowest BCUT2D eigenvalue weighted by Gasteiger charge is -2.15. The molecule has 4 rings (SSSR count). The Morgan fingerprint density at radius 3 is 2.72 bits per heavy atom. The zero-order valence-corrected chi connectivity index (χ0v) is 16.8. The molecule has 0 spiro atoms. The summed E-state index contributed by atoms with van der Waals surface area (Å²) < 4.78 is 11.5. The minimum absolute atomic E-state index is 0.381. The van der Waals surface area contributed by atoms with Crippen LogP contribution < -0.4 is 14.8 Å². The number of aromatic nitrogens is 1. The molecule has 29 heavy (non-hydrogen) atoms. The van der Waals surface area contributed by atoms with Crippen LogP contribution in [0, 0.1) is 13.3 Å². The highest BCUT2D eigenvalue weighted by atomic mass is 16.5. The molecule has 2 heterocycles. The number of ether oxygens (including phenoxy) is 2. The van der Waals surface area contributed by atoms with Gasteiger partial charge in [-0.2, -0.15) is 0 Å². The summed E-state index contributed by atoms with van der Waals surface area (Å²) in [6.07, 6.45) is 5.73. The Hall–Kier alpha value is -2.85. The highest BCUT2D eigenvalue weighted by Crippen LogP contribution is 2.34. The Balaban J connectivity index is 1.64. The van der Waals surface area contributed by atoms with Crippen molar-refractivity contribution in [3.05, 3.63) is 90.5 Å². The van der Waals surface area contributed by atoms with Crippen LogP contribution in [0.25, 0.3) is 11.1 Å². The zero-order chi connectivity index (χ0) is 20.1. The highest BCUT2D eigenvalue weighted by molar-refractivity contribution is 5.72. The molecular weight excluding hydrogens is 360 g/mol. The van der Waals surface area contributed by atoms with Crippen molar-refractivity contribution in [1.29, 1.82) is 0 Å². The van der Waals surface area contributed by atoms with E-state index in [1.807, 2.05) is 30.7 Å². The molecule has 0 aliphatic carbocycles. The lowest BCUT2D eigenvalue weighted by atomic mass is 9.95. The van der Waals surface area contributed by atoms with Gasteiger partial charge in [0.2, 0.25) is 0 Å². The second kappa shape index (κ2) is 9.10. The van der Waals surface area contributed by atoms with E-state index in [-0.39, 0.29) is 0 Å². The van der Waals surface area contributed by atoms with Gasteiger partial charge in [-0.05, 0) is 79.7 Å². The van der Waals surface area contributed by atoms with Crippen molar-refractivity contribution < 1.29 is 9.47 Å². The lowest BCUT2D eigenvalue weighted by Crippen LogP contribution is -2.16. The van der Waals surface area contributed by atoms with Crippen LogP contribution in [0.15, 0.2) is 54.7 Å². The standard InChI is InChI=1S/C25H26N2O2/c1-3-18-4-7-25(29-17-22-16-23(28-2)10-13-27-22)24(14-18)21-6-5-19-8-11-26-12-9-20(19)15-21/h3-7,10,13-16,26H,1,8-9,11-12,17H2,2H3. The van der Waals surface area contributed by atoms with Crippen LogP contribution in [0.1, 0.15) is 22.4 Å². The van der Waals surface area contributed by atoms with E-state index in [1.165, 1.54) is 16.7 Å².